The van der Waals surface area contributed by atoms with Gasteiger partial charge in [0.1, 0.15) is 0 Å². The van der Waals surface area contributed by atoms with Crippen LogP contribution in [0.3, 0.4) is 0 Å². The Morgan fingerprint density at radius 2 is 2.00 bits per heavy atom. The maximum Gasteiger partial charge on any atom is 0.221 e. The van der Waals surface area contributed by atoms with Crippen molar-refractivity contribution in [3.05, 3.63) is 0 Å². The van der Waals surface area contributed by atoms with E-state index in [4.69, 9.17) is 0 Å². The van der Waals surface area contributed by atoms with Gasteiger partial charge in [-0.2, -0.15) is 11.8 Å². The predicted molar refractivity (Wildman–Crippen MR) is 95.7 cm³/mol. The fourth-order valence-electron chi connectivity index (χ4n) is 1.28. The van der Waals surface area contributed by atoms with Crippen molar-refractivity contribution in [3.8, 4) is 0 Å². The van der Waals surface area contributed by atoms with Crippen molar-refractivity contribution in [2.45, 2.75) is 33.2 Å². The van der Waals surface area contributed by atoms with Crippen LogP contribution in [0.25, 0.3) is 0 Å². The zero-order valence-corrected chi connectivity index (χ0v) is 15.4. The molecular formula is C12H27IN4OS. The molecule has 0 atom stereocenters. The molecule has 1 amide bonds. The van der Waals surface area contributed by atoms with E-state index in [1.807, 2.05) is 20.8 Å². The highest BCUT2D eigenvalue weighted by Gasteiger charge is 2.03. The minimum Gasteiger partial charge on any atom is -0.357 e. The minimum absolute atomic E-state index is 0. The van der Waals surface area contributed by atoms with Crippen LogP contribution < -0.4 is 16.0 Å². The third-order valence-electron chi connectivity index (χ3n) is 2.00. The number of halogens is 1. The normalized spacial score (nSPS) is 10.9. The molecule has 0 radical (unpaired) electrons. The van der Waals surface area contributed by atoms with Crippen LogP contribution in [0.5, 0.6) is 0 Å². The lowest BCUT2D eigenvalue weighted by atomic mass is 10.3. The number of guanidine groups is 1. The number of thioether (sulfide) groups is 1. The van der Waals surface area contributed by atoms with Crippen molar-refractivity contribution in [1.29, 1.82) is 0 Å². The fourth-order valence-corrected chi connectivity index (χ4v) is 1.55. The van der Waals surface area contributed by atoms with Crippen molar-refractivity contribution in [2.75, 3.05) is 31.6 Å². The quantitative estimate of drug-likeness (QED) is 0.249. The average molecular weight is 402 g/mol. The number of rotatable bonds is 8. The number of nitrogens with zero attached hydrogens (tertiary/aromatic N) is 1. The molecule has 0 bridgehead atoms. The van der Waals surface area contributed by atoms with Gasteiger partial charge in [-0.05, 0) is 27.0 Å². The molecule has 0 heterocycles. The van der Waals surface area contributed by atoms with Crippen LogP contribution in [0.15, 0.2) is 4.99 Å². The molecule has 3 N–H and O–H groups in total. The zero-order valence-electron chi connectivity index (χ0n) is 12.3. The van der Waals surface area contributed by atoms with E-state index in [2.05, 4.69) is 27.2 Å². The molecule has 0 aromatic carbocycles. The Bertz CT molecular complexity index is 262. The summed E-state index contributed by atoms with van der Waals surface area (Å²) in [6, 6.07) is 0.195. The van der Waals surface area contributed by atoms with E-state index in [1.54, 1.807) is 11.8 Å². The summed E-state index contributed by atoms with van der Waals surface area (Å²) in [5.74, 6) is 1.85. The van der Waals surface area contributed by atoms with Gasteiger partial charge in [-0.15, -0.1) is 24.0 Å². The van der Waals surface area contributed by atoms with Gasteiger partial charge in [0.25, 0.3) is 0 Å². The third kappa shape index (κ3) is 14.0. The lowest BCUT2D eigenvalue weighted by Crippen LogP contribution is -2.40. The van der Waals surface area contributed by atoms with Crippen molar-refractivity contribution in [3.63, 3.8) is 0 Å². The van der Waals surface area contributed by atoms with Crippen LogP contribution in [0.2, 0.25) is 0 Å². The van der Waals surface area contributed by atoms with Gasteiger partial charge in [-0.3, -0.25) is 9.79 Å². The Morgan fingerprint density at radius 1 is 1.32 bits per heavy atom. The highest BCUT2D eigenvalue weighted by Crippen LogP contribution is 1.90. The zero-order chi connectivity index (χ0) is 13.8. The molecular weight excluding hydrogens is 375 g/mol. The maximum absolute atomic E-state index is 11.4. The first-order chi connectivity index (χ1) is 8.60. The second-order valence-electron chi connectivity index (χ2n) is 4.15. The molecule has 114 valence electrons. The van der Waals surface area contributed by atoms with Crippen molar-refractivity contribution < 1.29 is 4.79 Å². The van der Waals surface area contributed by atoms with Crippen LogP contribution in [-0.4, -0.2) is 49.6 Å². The number of nitrogens with one attached hydrogen (secondary N) is 3. The van der Waals surface area contributed by atoms with Gasteiger partial charge in [0.05, 0.1) is 6.54 Å². The Balaban J connectivity index is 0. The van der Waals surface area contributed by atoms with Crippen LogP contribution >= 0.6 is 35.7 Å². The highest BCUT2D eigenvalue weighted by molar-refractivity contribution is 14.0. The summed E-state index contributed by atoms with van der Waals surface area (Å²) < 4.78 is 0. The van der Waals surface area contributed by atoms with Crippen LogP contribution in [0.4, 0.5) is 0 Å². The van der Waals surface area contributed by atoms with Crippen LogP contribution in [0, 0.1) is 0 Å². The van der Waals surface area contributed by atoms with Crippen LogP contribution in [-0.2, 0) is 4.79 Å². The van der Waals surface area contributed by atoms with E-state index in [1.165, 1.54) is 0 Å². The van der Waals surface area contributed by atoms with Gasteiger partial charge in [-0.25, -0.2) is 0 Å². The molecule has 0 aliphatic heterocycles. The summed E-state index contributed by atoms with van der Waals surface area (Å²) in [6.45, 7) is 8.15. The largest absolute Gasteiger partial charge is 0.357 e. The van der Waals surface area contributed by atoms with Gasteiger partial charge in [0.2, 0.25) is 5.91 Å². The Morgan fingerprint density at radius 3 is 2.53 bits per heavy atom. The number of carbonyl (C=O) groups is 1. The first-order valence-corrected chi connectivity index (χ1v) is 7.80. The average Bonchev–Trinajstić information content (AvgIpc) is 2.28. The van der Waals surface area contributed by atoms with Gasteiger partial charge in [-0.1, -0.05) is 0 Å². The van der Waals surface area contributed by atoms with Gasteiger partial charge < -0.3 is 16.0 Å². The molecule has 0 aliphatic rings. The van der Waals surface area contributed by atoms with E-state index in [0.717, 1.165) is 24.8 Å². The molecule has 0 saturated heterocycles. The molecule has 5 nitrogen and oxygen atoms in total. The lowest BCUT2D eigenvalue weighted by molar-refractivity contribution is -0.121. The number of hydrogen-bond donors (Lipinski definition) is 3. The summed E-state index contributed by atoms with van der Waals surface area (Å²) in [5, 5.41) is 9.16. The summed E-state index contributed by atoms with van der Waals surface area (Å²) >= 11 is 1.77. The summed E-state index contributed by atoms with van der Waals surface area (Å²) in [4.78, 5) is 15.8. The number of carbonyl (C=O) groups excluding carboxylic acids is 1. The predicted octanol–water partition coefficient (Wildman–Crippen LogP) is 1.44. The molecule has 0 aromatic rings. The molecule has 0 rings (SSSR count). The third-order valence-corrected chi connectivity index (χ3v) is 2.59. The smallest absolute Gasteiger partial charge is 0.221 e. The Hall–Kier alpha value is -0.180. The van der Waals surface area contributed by atoms with Crippen molar-refractivity contribution >= 4 is 47.6 Å². The van der Waals surface area contributed by atoms with E-state index in [0.29, 0.717) is 13.0 Å². The standard InChI is InChI=1S/C12H26N4OS.HI/c1-5-13-12(15-8-9-18-4)14-7-6-11(17)16-10(2)3;/h10H,5-9H2,1-4H3,(H,16,17)(H2,13,14,15);1H. The molecule has 0 spiro atoms. The summed E-state index contributed by atoms with van der Waals surface area (Å²) in [5.41, 5.74) is 0. The minimum atomic E-state index is 0. The Labute approximate surface area is 138 Å². The second-order valence-corrected chi connectivity index (χ2v) is 5.14. The van der Waals surface area contributed by atoms with Crippen LogP contribution in [0.1, 0.15) is 27.2 Å². The maximum atomic E-state index is 11.4. The molecule has 0 saturated carbocycles. The van der Waals surface area contributed by atoms with E-state index in [9.17, 15) is 4.79 Å². The number of hydrogen-bond acceptors (Lipinski definition) is 3. The van der Waals surface area contributed by atoms with E-state index in [-0.39, 0.29) is 35.9 Å². The SMILES string of the molecule is CCNC(=NCCSC)NCCC(=O)NC(C)C.I. The summed E-state index contributed by atoms with van der Waals surface area (Å²) in [7, 11) is 0. The number of aliphatic imine (C=N–C) groups is 1. The second kappa shape index (κ2) is 14.2. The number of amides is 1. The molecule has 19 heavy (non-hydrogen) atoms. The molecule has 0 fully saturated rings. The van der Waals surface area contributed by atoms with Gasteiger partial charge >= 0.3 is 0 Å². The Kier molecular flexibility index (Phi) is 15.8. The molecule has 0 aromatic heterocycles. The van der Waals surface area contributed by atoms with E-state index >= 15 is 0 Å². The summed E-state index contributed by atoms with van der Waals surface area (Å²) in [6.07, 6.45) is 2.53. The monoisotopic (exact) mass is 402 g/mol. The molecule has 0 aliphatic carbocycles. The highest BCUT2D eigenvalue weighted by atomic mass is 127. The van der Waals surface area contributed by atoms with Crippen molar-refractivity contribution in [1.82, 2.24) is 16.0 Å². The van der Waals surface area contributed by atoms with Gasteiger partial charge in [0.15, 0.2) is 5.96 Å². The van der Waals surface area contributed by atoms with Crippen molar-refractivity contribution in [2.24, 2.45) is 4.99 Å². The lowest BCUT2D eigenvalue weighted by Gasteiger charge is -2.12. The topological polar surface area (TPSA) is 65.5 Å². The van der Waals surface area contributed by atoms with E-state index < -0.39 is 0 Å². The van der Waals surface area contributed by atoms with Gasteiger partial charge in [0, 0.05) is 31.3 Å². The first-order valence-electron chi connectivity index (χ1n) is 6.40. The fraction of sp³-hybridized carbons (Fsp3) is 0.833. The molecule has 0 unspecified atom stereocenters. The first kappa shape index (κ1) is 21.1. The molecule has 7 heteroatoms.